The molecule has 0 aliphatic carbocycles. The summed E-state index contributed by atoms with van der Waals surface area (Å²) in [6, 6.07) is 10.2. The summed E-state index contributed by atoms with van der Waals surface area (Å²) >= 11 is 1.43. The summed E-state index contributed by atoms with van der Waals surface area (Å²) in [5.41, 5.74) is 3.05. The van der Waals surface area contributed by atoms with E-state index in [-0.39, 0.29) is 11.9 Å². The van der Waals surface area contributed by atoms with E-state index in [2.05, 4.69) is 22.1 Å². The van der Waals surface area contributed by atoms with Crippen molar-refractivity contribution >= 4 is 17.7 Å². The van der Waals surface area contributed by atoms with E-state index in [1.807, 2.05) is 36.9 Å². The Kier molecular flexibility index (Phi) is 6.72. The summed E-state index contributed by atoms with van der Waals surface area (Å²) in [6.07, 6.45) is 4.38. The number of aryl methyl sites for hydroxylation is 2. The van der Waals surface area contributed by atoms with Gasteiger partial charge in [0.25, 0.3) is 0 Å². The molecule has 1 aromatic carbocycles. The summed E-state index contributed by atoms with van der Waals surface area (Å²) in [6.45, 7) is 4.72. The predicted octanol–water partition coefficient (Wildman–Crippen LogP) is 4.34. The lowest BCUT2D eigenvalue weighted by atomic mass is 10.0. The van der Waals surface area contributed by atoms with Crippen molar-refractivity contribution in [3.8, 4) is 5.75 Å². The second-order valence-electron chi connectivity index (χ2n) is 6.95. The molecule has 1 fully saturated rings. The van der Waals surface area contributed by atoms with Crippen LogP contribution in [0.4, 0.5) is 0 Å². The highest BCUT2D eigenvalue weighted by Crippen LogP contribution is 2.32. The van der Waals surface area contributed by atoms with Crippen molar-refractivity contribution in [3.05, 3.63) is 47.3 Å². The molecule has 2 aromatic rings. The predicted molar refractivity (Wildman–Crippen MR) is 108 cm³/mol. The zero-order valence-corrected chi connectivity index (χ0v) is 17.1. The van der Waals surface area contributed by atoms with E-state index < -0.39 is 0 Å². The van der Waals surface area contributed by atoms with Gasteiger partial charge in [-0.3, -0.25) is 4.79 Å². The minimum absolute atomic E-state index is 0.131. The maximum absolute atomic E-state index is 13.0. The first kappa shape index (κ1) is 19.7. The number of likely N-dealkylation sites (tertiary alicyclic amines) is 1. The Bertz CT molecular complexity index is 759. The molecule has 1 aromatic heterocycles. The molecule has 0 unspecified atom stereocenters. The van der Waals surface area contributed by atoms with Crippen molar-refractivity contribution in [2.75, 3.05) is 19.4 Å². The van der Waals surface area contributed by atoms with Crippen LogP contribution in [0, 0.1) is 13.8 Å². The number of ether oxygens (including phenoxy) is 1. The van der Waals surface area contributed by atoms with Gasteiger partial charge in [-0.05, 0) is 50.5 Å². The molecular weight excluding hydrogens is 358 g/mol. The maximum atomic E-state index is 13.0. The lowest BCUT2D eigenvalue weighted by Gasteiger charge is -2.30. The van der Waals surface area contributed by atoms with Crippen LogP contribution in [0.15, 0.2) is 35.5 Å². The molecular formula is C21H27N3O2S. The number of methoxy groups -OCH3 is 1. The van der Waals surface area contributed by atoms with E-state index in [1.54, 1.807) is 7.11 Å². The standard InChI is InChI=1S/C21H27N3O2S/c1-15-13-16(2)23-21(22-15)27-14-20(25)24-12-6-4-5-7-19(24)17-8-10-18(26-3)11-9-17/h8-11,13,19H,4-7,12,14H2,1-3H3/t19-/m1/s1. The minimum atomic E-state index is 0.131. The molecule has 0 saturated carbocycles. The molecule has 1 amide bonds. The fraction of sp³-hybridized carbons (Fsp3) is 0.476. The molecule has 0 bridgehead atoms. The van der Waals surface area contributed by atoms with Crippen LogP contribution in [0.25, 0.3) is 0 Å². The normalized spacial score (nSPS) is 17.4. The Labute approximate surface area is 165 Å². The van der Waals surface area contributed by atoms with Gasteiger partial charge in [0, 0.05) is 17.9 Å². The first-order valence-electron chi connectivity index (χ1n) is 9.45. The highest BCUT2D eigenvalue weighted by Gasteiger charge is 2.27. The summed E-state index contributed by atoms with van der Waals surface area (Å²) in [5.74, 6) is 1.37. The molecule has 0 radical (unpaired) electrons. The Morgan fingerprint density at radius 2 is 1.85 bits per heavy atom. The van der Waals surface area contributed by atoms with Gasteiger partial charge in [-0.15, -0.1) is 0 Å². The smallest absolute Gasteiger partial charge is 0.233 e. The van der Waals surface area contributed by atoms with Crippen LogP contribution < -0.4 is 4.74 Å². The van der Waals surface area contributed by atoms with Crippen molar-refractivity contribution in [2.24, 2.45) is 0 Å². The second-order valence-corrected chi connectivity index (χ2v) is 7.89. The van der Waals surface area contributed by atoms with Gasteiger partial charge >= 0.3 is 0 Å². The number of thioether (sulfide) groups is 1. The van der Waals surface area contributed by atoms with Crippen molar-refractivity contribution in [1.29, 1.82) is 0 Å². The van der Waals surface area contributed by atoms with E-state index in [0.29, 0.717) is 10.9 Å². The number of carbonyl (C=O) groups excluding carboxylic acids is 1. The number of rotatable bonds is 5. The van der Waals surface area contributed by atoms with E-state index >= 15 is 0 Å². The van der Waals surface area contributed by atoms with E-state index in [4.69, 9.17) is 4.74 Å². The molecule has 0 spiro atoms. The molecule has 1 aliphatic heterocycles. The molecule has 1 atom stereocenters. The number of carbonyl (C=O) groups is 1. The average molecular weight is 386 g/mol. The summed E-state index contributed by atoms with van der Waals surface area (Å²) in [5, 5.41) is 0.677. The van der Waals surface area contributed by atoms with Crippen molar-refractivity contribution in [3.63, 3.8) is 0 Å². The van der Waals surface area contributed by atoms with E-state index in [9.17, 15) is 4.79 Å². The van der Waals surface area contributed by atoms with Gasteiger partial charge in [0.05, 0.1) is 18.9 Å². The largest absolute Gasteiger partial charge is 0.497 e. The fourth-order valence-electron chi connectivity index (χ4n) is 3.55. The van der Waals surface area contributed by atoms with Crippen molar-refractivity contribution in [2.45, 2.75) is 50.7 Å². The fourth-order valence-corrected chi connectivity index (χ4v) is 4.38. The van der Waals surface area contributed by atoms with E-state index in [0.717, 1.165) is 42.9 Å². The Morgan fingerprint density at radius 3 is 2.52 bits per heavy atom. The van der Waals surface area contributed by atoms with Crippen LogP contribution in [-0.4, -0.2) is 40.2 Å². The number of benzene rings is 1. The number of hydrogen-bond acceptors (Lipinski definition) is 5. The average Bonchev–Trinajstić information content (AvgIpc) is 2.91. The topological polar surface area (TPSA) is 55.3 Å². The zero-order chi connectivity index (χ0) is 19.2. The molecule has 1 aliphatic rings. The number of amides is 1. The highest BCUT2D eigenvalue weighted by molar-refractivity contribution is 7.99. The zero-order valence-electron chi connectivity index (χ0n) is 16.3. The molecule has 144 valence electrons. The third kappa shape index (κ3) is 5.22. The lowest BCUT2D eigenvalue weighted by Crippen LogP contribution is -2.36. The highest BCUT2D eigenvalue weighted by atomic mass is 32.2. The monoisotopic (exact) mass is 385 g/mol. The first-order chi connectivity index (χ1) is 13.1. The SMILES string of the molecule is COc1ccc([C@H]2CCCCCN2C(=O)CSc2nc(C)cc(C)n2)cc1. The van der Waals surface area contributed by atoms with Crippen LogP contribution in [-0.2, 0) is 4.79 Å². The Hall–Kier alpha value is -2.08. The molecule has 27 heavy (non-hydrogen) atoms. The summed E-state index contributed by atoms with van der Waals surface area (Å²) in [4.78, 5) is 23.9. The van der Waals surface area contributed by atoms with Gasteiger partial charge < -0.3 is 9.64 Å². The summed E-state index contributed by atoms with van der Waals surface area (Å²) in [7, 11) is 1.67. The van der Waals surface area contributed by atoms with Crippen LogP contribution in [0.5, 0.6) is 5.75 Å². The second kappa shape index (κ2) is 9.22. The Morgan fingerprint density at radius 1 is 1.15 bits per heavy atom. The van der Waals surface area contributed by atoms with Gasteiger partial charge in [-0.2, -0.15) is 0 Å². The third-order valence-electron chi connectivity index (χ3n) is 4.86. The Balaban J connectivity index is 1.72. The van der Waals surface area contributed by atoms with Crippen LogP contribution in [0.3, 0.4) is 0 Å². The minimum Gasteiger partial charge on any atom is -0.497 e. The molecule has 2 heterocycles. The lowest BCUT2D eigenvalue weighted by molar-refractivity contribution is -0.130. The van der Waals surface area contributed by atoms with Crippen molar-refractivity contribution in [1.82, 2.24) is 14.9 Å². The van der Waals surface area contributed by atoms with Gasteiger partial charge in [0.2, 0.25) is 5.91 Å². The van der Waals surface area contributed by atoms with Gasteiger partial charge in [-0.1, -0.05) is 36.7 Å². The van der Waals surface area contributed by atoms with Crippen molar-refractivity contribution < 1.29 is 9.53 Å². The van der Waals surface area contributed by atoms with Crippen LogP contribution >= 0.6 is 11.8 Å². The van der Waals surface area contributed by atoms with E-state index in [1.165, 1.54) is 23.7 Å². The van der Waals surface area contributed by atoms with Gasteiger partial charge in [0.1, 0.15) is 5.75 Å². The number of aromatic nitrogens is 2. The van der Waals surface area contributed by atoms with Crippen LogP contribution in [0.2, 0.25) is 0 Å². The first-order valence-corrected chi connectivity index (χ1v) is 10.4. The van der Waals surface area contributed by atoms with Crippen LogP contribution in [0.1, 0.15) is 48.7 Å². The third-order valence-corrected chi connectivity index (χ3v) is 5.69. The summed E-state index contributed by atoms with van der Waals surface area (Å²) < 4.78 is 5.26. The number of nitrogens with zero attached hydrogens (tertiary/aromatic N) is 3. The maximum Gasteiger partial charge on any atom is 0.233 e. The quantitative estimate of drug-likeness (QED) is 0.566. The molecule has 1 saturated heterocycles. The van der Waals surface area contributed by atoms with Gasteiger partial charge in [0.15, 0.2) is 5.16 Å². The molecule has 0 N–H and O–H groups in total. The molecule has 3 rings (SSSR count). The van der Waals surface area contributed by atoms with Gasteiger partial charge in [-0.25, -0.2) is 9.97 Å². The molecule has 6 heteroatoms. The number of hydrogen-bond donors (Lipinski definition) is 0. The molecule has 5 nitrogen and oxygen atoms in total.